The fourth-order valence-corrected chi connectivity index (χ4v) is 4.78. The van der Waals surface area contributed by atoms with Crippen molar-refractivity contribution in [2.45, 2.75) is 0 Å². The number of furan rings is 1. The third-order valence-electron chi connectivity index (χ3n) is 6.57. The lowest BCUT2D eigenvalue weighted by Gasteiger charge is -2.36. The molecule has 37 heavy (non-hydrogen) atoms. The minimum Gasteiger partial charge on any atom is -0.497 e. The van der Waals surface area contributed by atoms with Gasteiger partial charge in [0.15, 0.2) is 5.65 Å². The number of benzene rings is 2. The fourth-order valence-electron chi connectivity index (χ4n) is 4.59. The van der Waals surface area contributed by atoms with Crippen LogP contribution in [-0.2, 0) is 0 Å². The number of hydrogen-bond acceptors (Lipinski definition) is 6. The zero-order valence-corrected chi connectivity index (χ0v) is 20.9. The van der Waals surface area contributed by atoms with E-state index in [-0.39, 0.29) is 5.91 Å². The van der Waals surface area contributed by atoms with Crippen LogP contribution in [0.1, 0.15) is 10.4 Å². The molecule has 1 fully saturated rings. The zero-order valence-electron chi connectivity index (χ0n) is 20.2. The smallest absolute Gasteiger partial charge is 0.257 e. The minimum absolute atomic E-state index is 0.0190. The Kier molecular flexibility index (Phi) is 6.02. The SMILES string of the molecule is COc1ccc(-c2cc(N3CCN(C(=O)c4ccoc4)CC3)n3nc(-c4cccc(Cl)c4)cc3n2)cc1. The molecule has 0 radical (unpaired) electrons. The number of anilines is 1. The molecule has 0 saturated carbocycles. The number of fused-ring (bicyclic) bond motifs is 1. The largest absolute Gasteiger partial charge is 0.497 e. The van der Waals surface area contributed by atoms with Crippen molar-refractivity contribution >= 4 is 29.0 Å². The summed E-state index contributed by atoms with van der Waals surface area (Å²) in [5.41, 5.74) is 4.82. The van der Waals surface area contributed by atoms with E-state index in [1.165, 1.54) is 12.5 Å². The van der Waals surface area contributed by atoms with E-state index in [2.05, 4.69) is 11.0 Å². The highest BCUT2D eigenvalue weighted by atomic mass is 35.5. The zero-order chi connectivity index (χ0) is 25.4. The van der Waals surface area contributed by atoms with Crippen molar-refractivity contribution in [2.75, 3.05) is 38.2 Å². The number of piperazine rings is 1. The van der Waals surface area contributed by atoms with Crippen LogP contribution in [0.25, 0.3) is 28.2 Å². The summed E-state index contributed by atoms with van der Waals surface area (Å²) in [4.78, 5) is 21.8. The van der Waals surface area contributed by atoms with Crippen LogP contribution in [0.3, 0.4) is 0 Å². The molecule has 0 aliphatic carbocycles. The molecule has 0 bridgehead atoms. The standard InChI is InChI=1S/C28H24ClN5O3/c1-36-23-7-5-19(6-8-23)24-17-27(32-10-12-33(13-11-32)28(35)21-9-14-37-18-21)34-26(30-24)16-25(31-34)20-3-2-4-22(29)15-20/h2-9,14-18H,10-13H2,1H3. The van der Waals surface area contributed by atoms with Gasteiger partial charge >= 0.3 is 0 Å². The number of amides is 1. The van der Waals surface area contributed by atoms with E-state index in [1.54, 1.807) is 13.2 Å². The van der Waals surface area contributed by atoms with E-state index in [1.807, 2.05) is 64.0 Å². The Labute approximate surface area is 218 Å². The second-order valence-corrected chi connectivity index (χ2v) is 9.27. The van der Waals surface area contributed by atoms with E-state index < -0.39 is 0 Å². The molecule has 1 amide bonds. The molecule has 3 aromatic heterocycles. The summed E-state index contributed by atoms with van der Waals surface area (Å²) in [6.07, 6.45) is 3.01. The average Bonchev–Trinajstić information content (AvgIpc) is 3.63. The van der Waals surface area contributed by atoms with Gasteiger partial charge < -0.3 is 19.0 Å². The number of carbonyl (C=O) groups is 1. The summed E-state index contributed by atoms with van der Waals surface area (Å²) in [6.45, 7) is 2.51. The van der Waals surface area contributed by atoms with Crippen LogP contribution >= 0.6 is 11.6 Å². The predicted molar refractivity (Wildman–Crippen MR) is 142 cm³/mol. The topological polar surface area (TPSA) is 76.1 Å². The van der Waals surface area contributed by atoms with Crippen molar-refractivity contribution in [3.8, 4) is 28.3 Å². The molecule has 2 aromatic carbocycles. The Hall–Kier alpha value is -4.30. The lowest BCUT2D eigenvalue weighted by Crippen LogP contribution is -2.49. The van der Waals surface area contributed by atoms with Crippen molar-refractivity contribution < 1.29 is 13.9 Å². The number of methoxy groups -OCH3 is 1. The highest BCUT2D eigenvalue weighted by Crippen LogP contribution is 2.30. The molecule has 0 unspecified atom stereocenters. The number of carbonyl (C=O) groups excluding carboxylic acids is 1. The molecule has 0 spiro atoms. The van der Waals surface area contributed by atoms with Crippen molar-refractivity contribution in [3.63, 3.8) is 0 Å². The van der Waals surface area contributed by atoms with Crippen LogP contribution in [0.4, 0.5) is 5.82 Å². The first-order chi connectivity index (χ1) is 18.1. The van der Waals surface area contributed by atoms with E-state index in [0.717, 1.165) is 39.7 Å². The Morgan fingerprint density at radius 2 is 1.76 bits per heavy atom. The van der Waals surface area contributed by atoms with Gasteiger partial charge in [-0.1, -0.05) is 23.7 Å². The van der Waals surface area contributed by atoms with E-state index in [9.17, 15) is 4.79 Å². The van der Waals surface area contributed by atoms with E-state index in [4.69, 9.17) is 30.8 Å². The molecule has 1 saturated heterocycles. The molecule has 0 atom stereocenters. The molecule has 6 rings (SSSR count). The second-order valence-electron chi connectivity index (χ2n) is 8.83. The number of nitrogens with zero attached hydrogens (tertiary/aromatic N) is 5. The Balaban J connectivity index is 1.37. The molecule has 186 valence electrons. The van der Waals surface area contributed by atoms with Crippen LogP contribution in [0.5, 0.6) is 5.75 Å². The number of rotatable bonds is 5. The normalized spacial score (nSPS) is 13.8. The van der Waals surface area contributed by atoms with Crippen LogP contribution in [0.15, 0.2) is 83.7 Å². The second kappa shape index (κ2) is 9.63. The molecule has 9 heteroatoms. The Morgan fingerprint density at radius 3 is 2.46 bits per heavy atom. The van der Waals surface area contributed by atoms with Gasteiger partial charge in [-0.25, -0.2) is 4.98 Å². The van der Waals surface area contributed by atoms with Gasteiger partial charge in [-0.15, -0.1) is 0 Å². The predicted octanol–water partition coefficient (Wildman–Crippen LogP) is 5.28. The van der Waals surface area contributed by atoms with E-state index >= 15 is 0 Å². The molecule has 0 N–H and O–H groups in total. The van der Waals surface area contributed by atoms with Gasteiger partial charge in [0.1, 0.15) is 17.8 Å². The van der Waals surface area contributed by atoms with Gasteiger partial charge in [-0.2, -0.15) is 9.61 Å². The fraction of sp³-hybridized carbons (Fsp3) is 0.179. The first-order valence-electron chi connectivity index (χ1n) is 12.0. The van der Waals surface area contributed by atoms with Gasteiger partial charge in [0.2, 0.25) is 0 Å². The Morgan fingerprint density at radius 1 is 0.946 bits per heavy atom. The van der Waals surface area contributed by atoms with Crippen LogP contribution in [0, 0.1) is 0 Å². The van der Waals surface area contributed by atoms with Crippen molar-refractivity contribution in [3.05, 3.63) is 89.8 Å². The van der Waals surface area contributed by atoms with E-state index in [0.29, 0.717) is 36.8 Å². The lowest BCUT2D eigenvalue weighted by molar-refractivity contribution is 0.0745. The summed E-state index contributed by atoms with van der Waals surface area (Å²) in [5, 5.41) is 5.55. The number of hydrogen-bond donors (Lipinski definition) is 0. The quantitative estimate of drug-likeness (QED) is 0.318. The van der Waals surface area contributed by atoms with Crippen LogP contribution in [0.2, 0.25) is 5.02 Å². The third-order valence-corrected chi connectivity index (χ3v) is 6.81. The van der Waals surface area contributed by atoms with Gasteiger partial charge in [0.25, 0.3) is 5.91 Å². The average molecular weight is 514 g/mol. The van der Waals surface area contributed by atoms with Crippen LogP contribution < -0.4 is 9.64 Å². The maximum absolute atomic E-state index is 12.8. The summed E-state index contributed by atoms with van der Waals surface area (Å²) in [5.74, 6) is 1.69. The first-order valence-corrected chi connectivity index (χ1v) is 12.3. The summed E-state index contributed by atoms with van der Waals surface area (Å²) < 4.78 is 12.3. The Bertz CT molecular complexity index is 1560. The maximum atomic E-state index is 12.8. The minimum atomic E-state index is -0.0190. The van der Waals surface area contributed by atoms with Crippen molar-refractivity contribution in [1.82, 2.24) is 19.5 Å². The molecule has 4 heterocycles. The van der Waals surface area contributed by atoms with Gasteiger partial charge in [-0.3, -0.25) is 4.79 Å². The maximum Gasteiger partial charge on any atom is 0.257 e. The number of aromatic nitrogens is 3. The molecular formula is C28H24ClN5O3. The molecule has 8 nitrogen and oxygen atoms in total. The first kappa shape index (κ1) is 23.1. The summed E-state index contributed by atoms with van der Waals surface area (Å²) in [7, 11) is 1.65. The third kappa shape index (κ3) is 4.51. The van der Waals surface area contributed by atoms with Gasteiger partial charge in [0, 0.05) is 54.5 Å². The van der Waals surface area contributed by atoms with Crippen LogP contribution in [-0.4, -0.2) is 58.7 Å². The van der Waals surface area contributed by atoms with Gasteiger partial charge in [-0.05, 0) is 42.5 Å². The molecular weight excluding hydrogens is 490 g/mol. The van der Waals surface area contributed by atoms with Crippen molar-refractivity contribution in [1.29, 1.82) is 0 Å². The number of ether oxygens (including phenoxy) is 1. The molecule has 1 aliphatic rings. The monoisotopic (exact) mass is 513 g/mol. The van der Waals surface area contributed by atoms with Crippen molar-refractivity contribution in [2.24, 2.45) is 0 Å². The molecule has 5 aromatic rings. The summed E-state index contributed by atoms with van der Waals surface area (Å²) >= 11 is 6.25. The summed E-state index contributed by atoms with van der Waals surface area (Å²) in [6, 6.07) is 21.2. The van der Waals surface area contributed by atoms with Gasteiger partial charge in [0.05, 0.1) is 30.3 Å². The lowest BCUT2D eigenvalue weighted by atomic mass is 10.1. The molecule has 1 aliphatic heterocycles. The highest BCUT2D eigenvalue weighted by molar-refractivity contribution is 6.30. The number of halogens is 1. The highest BCUT2D eigenvalue weighted by Gasteiger charge is 2.25.